The van der Waals surface area contributed by atoms with Crippen LogP contribution >= 0.6 is 0 Å². The van der Waals surface area contributed by atoms with Crippen LogP contribution in [0.2, 0.25) is 0 Å². The molecular formula is C16H12N4O2. The Kier molecular flexibility index (Phi) is 2.69. The molecule has 0 amide bonds. The topological polar surface area (TPSA) is 72.8 Å². The number of aromatic amines is 1. The maximum absolute atomic E-state index is 12.8. The van der Waals surface area contributed by atoms with Crippen LogP contribution in [0.25, 0.3) is 27.8 Å². The van der Waals surface area contributed by atoms with Gasteiger partial charge in [0.25, 0.3) is 5.56 Å². The van der Waals surface area contributed by atoms with Gasteiger partial charge in [-0.1, -0.05) is 0 Å². The highest BCUT2D eigenvalue weighted by Gasteiger charge is 2.14. The maximum atomic E-state index is 12.8. The molecule has 0 aliphatic rings. The molecule has 4 rings (SSSR count). The van der Waals surface area contributed by atoms with Crippen LogP contribution in [0.5, 0.6) is 5.75 Å². The zero-order chi connectivity index (χ0) is 15.1. The van der Waals surface area contributed by atoms with Gasteiger partial charge < -0.3 is 9.72 Å². The molecule has 1 aromatic carbocycles. The molecule has 0 atom stereocenters. The first-order valence-corrected chi connectivity index (χ1v) is 6.77. The molecule has 0 aliphatic carbocycles. The van der Waals surface area contributed by atoms with Crippen molar-refractivity contribution >= 4 is 22.1 Å². The molecule has 3 aromatic heterocycles. The molecule has 108 valence electrons. The number of rotatable bonds is 2. The van der Waals surface area contributed by atoms with Crippen LogP contribution in [-0.2, 0) is 0 Å². The number of fused-ring (bicyclic) bond motifs is 3. The van der Waals surface area contributed by atoms with E-state index in [0.717, 1.165) is 16.8 Å². The van der Waals surface area contributed by atoms with Crippen LogP contribution in [0.1, 0.15) is 0 Å². The van der Waals surface area contributed by atoms with Gasteiger partial charge in [0.1, 0.15) is 22.4 Å². The number of nitrogens with zero attached hydrogens (tertiary/aromatic N) is 3. The van der Waals surface area contributed by atoms with Gasteiger partial charge >= 0.3 is 0 Å². The summed E-state index contributed by atoms with van der Waals surface area (Å²) < 4.78 is 6.74. The first kappa shape index (κ1) is 12.6. The summed E-state index contributed by atoms with van der Waals surface area (Å²) in [5.41, 5.74) is 2.24. The molecule has 0 fully saturated rings. The number of hydrogen-bond acceptors (Lipinski definition) is 4. The van der Waals surface area contributed by atoms with Crippen molar-refractivity contribution in [1.82, 2.24) is 19.5 Å². The molecule has 0 unspecified atom stereocenters. The average molecular weight is 292 g/mol. The highest BCUT2D eigenvalue weighted by molar-refractivity contribution is 6.00. The Balaban J connectivity index is 2.14. The van der Waals surface area contributed by atoms with E-state index >= 15 is 0 Å². The lowest BCUT2D eigenvalue weighted by atomic mass is 10.2. The van der Waals surface area contributed by atoms with Gasteiger partial charge in [-0.25, -0.2) is 9.97 Å². The van der Waals surface area contributed by atoms with Gasteiger partial charge in [0.05, 0.1) is 19.1 Å². The van der Waals surface area contributed by atoms with E-state index in [2.05, 4.69) is 15.0 Å². The Morgan fingerprint density at radius 3 is 2.73 bits per heavy atom. The fourth-order valence-corrected chi connectivity index (χ4v) is 2.60. The van der Waals surface area contributed by atoms with Crippen LogP contribution in [0.4, 0.5) is 0 Å². The zero-order valence-electron chi connectivity index (χ0n) is 11.8. The smallest absolute Gasteiger partial charge is 0.282 e. The number of imidazole rings is 1. The third kappa shape index (κ3) is 1.70. The third-order valence-corrected chi connectivity index (χ3v) is 3.64. The molecular weight excluding hydrogens is 280 g/mol. The van der Waals surface area contributed by atoms with Crippen LogP contribution in [-0.4, -0.2) is 26.6 Å². The van der Waals surface area contributed by atoms with E-state index in [-0.39, 0.29) is 5.56 Å². The lowest BCUT2D eigenvalue weighted by molar-refractivity contribution is 0.415. The third-order valence-electron chi connectivity index (χ3n) is 3.64. The largest absolute Gasteiger partial charge is 0.497 e. The Labute approximate surface area is 125 Å². The quantitative estimate of drug-likeness (QED) is 0.615. The van der Waals surface area contributed by atoms with Crippen molar-refractivity contribution in [3.63, 3.8) is 0 Å². The van der Waals surface area contributed by atoms with E-state index in [4.69, 9.17) is 4.74 Å². The van der Waals surface area contributed by atoms with Gasteiger partial charge in [-0.3, -0.25) is 9.36 Å². The van der Waals surface area contributed by atoms with Gasteiger partial charge in [0.15, 0.2) is 0 Å². The van der Waals surface area contributed by atoms with E-state index in [0.29, 0.717) is 16.7 Å². The van der Waals surface area contributed by atoms with Crippen molar-refractivity contribution in [2.24, 2.45) is 0 Å². The highest BCUT2D eigenvalue weighted by Crippen LogP contribution is 2.22. The fourth-order valence-electron chi connectivity index (χ4n) is 2.60. The minimum Gasteiger partial charge on any atom is -0.497 e. The molecule has 4 aromatic rings. The van der Waals surface area contributed by atoms with E-state index in [1.807, 2.05) is 36.4 Å². The number of aromatic nitrogens is 4. The number of ether oxygens (including phenoxy) is 1. The average Bonchev–Trinajstić information content (AvgIpc) is 3.06. The first-order chi connectivity index (χ1) is 10.8. The predicted octanol–water partition coefficient (Wildman–Crippen LogP) is 2.27. The maximum Gasteiger partial charge on any atom is 0.282 e. The summed E-state index contributed by atoms with van der Waals surface area (Å²) in [7, 11) is 1.61. The molecule has 22 heavy (non-hydrogen) atoms. The van der Waals surface area contributed by atoms with Crippen molar-refractivity contribution in [2.45, 2.75) is 0 Å². The molecule has 6 nitrogen and oxygen atoms in total. The lowest BCUT2D eigenvalue weighted by Crippen LogP contribution is -2.20. The lowest BCUT2D eigenvalue weighted by Gasteiger charge is -2.10. The number of methoxy groups -OCH3 is 1. The SMILES string of the molecule is COc1ccc(-n2c(=O)c3[nH]cnc3c3cccnc32)cc1. The van der Waals surface area contributed by atoms with E-state index in [1.54, 1.807) is 17.9 Å². The second-order valence-corrected chi connectivity index (χ2v) is 4.84. The molecule has 0 bridgehead atoms. The summed E-state index contributed by atoms with van der Waals surface area (Å²) in [6, 6.07) is 11.0. The van der Waals surface area contributed by atoms with E-state index < -0.39 is 0 Å². The van der Waals surface area contributed by atoms with Crippen molar-refractivity contribution in [1.29, 1.82) is 0 Å². The normalized spacial score (nSPS) is 11.1. The zero-order valence-corrected chi connectivity index (χ0v) is 11.8. The second kappa shape index (κ2) is 4.70. The summed E-state index contributed by atoms with van der Waals surface area (Å²) in [5, 5.41) is 0.828. The number of nitrogens with one attached hydrogen (secondary N) is 1. The molecule has 6 heteroatoms. The summed E-state index contributed by atoms with van der Waals surface area (Å²) in [5.74, 6) is 0.733. The van der Waals surface area contributed by atoms with E-state index in [9.17, 15) is 4.79 Å². The number of pyridine rings is 2. The van der Waals surface area contributed by atoms with Crippen molar-refractivity contribution in [2.75, 3.05) is 7.11 Å². The Morgan fingerprint density at radius 1 is 1.14 bits per heavy atom. The first-order valence-electron chi connectivity index (χ1n) is 6.77. The predicted molar refractivity (Wildman–Crippen MR) is 83.5 cm³/mol. The van der Waals surface area contributed by atoms with Gasteiger partial charge in [0, 0.05) is 11.6 Å². The minimum atomic E-state index is -0.177. The van der Waals surface area contributed by atoms with Crippen molar-refractivity contribution < 1.29 is 4.74 Å². The Morgan fingerprint density at radius 2 is 1.95 bits per heavy atom. The Hall–Kier alpha value is -3.15. The van der Waals surface area contributed by atoms with Gasteiger partial charge in [-0.2, -0.15) is 0 Å². The van der Waals surface area contributed by atoms with Crippen LogP contribution < -0.4 is 10.3 Å². The summed E-state index contributed by atoms with van der Waals surface area (Å²) in [6.45, 7) is 0. The number of H-pyrrole nitrogens is 1. The molecule has 0 saturated carbocycles. The summed E-state index contributed by atoms with van der Waals surface area (Å²) in [6.07, 6.45) is 3.19. The molecule has 0 saturated heterocycles. The summed E-state index contributed by atoms with van der Waals surface area (Å²) >= 11 is 0. The molecule has 1 N–H and O–H groups in total. The number of hydrogen-bond donors (Lipinski definition) is 1. The standard InChI is InChI=1S/C16H12N4O2/c1-22-11-6-4-10(5-7-11)20-15-12(3-2-8-17-15)13-14(16(20)21)19-9-18-13/h2-9H,1H3,(H,18,19). The van der Waals surface area contributed by atoms with Crippen LogP contribution in [0, 0.1) is 0 Å². The van der Waals surface area contributed by atoms with Gasteiger partial charge in [-0.05, 0) is 36.4 Å². The van der Waals surface area contributed by atoms with Crippen LogP contribution in [0.15, 0.2) is 53.7 Å². The van der Waals surface area contributed by atoms with Crippen molar-refractivity contribution in [3.8, 4) is 11.4 Å². The van der Waals surface area contributed by atoms with E-state index in [1.165, 1.54) is 6.33 Å². The molecule has 0 radical (unpaired) electrons. The van der Waals surface area contributed by atoms with Crippen molar-refractivity contribution in [3.05, 3.63) is 59.3 Å². The second-order valence-electron chi connectivity index (χ2n) is 4.84. The monoisotopic (exact) mass is 292 g/mol. The minimum absolute atomic E-state index is 0.177. The van der Waals surface area contributed by atoms with Gasteiger partial charge in [-0.15, -0.1) is 0 Å². The van der Waals surface area contributed by atoms with Crippen LogP contribution in [0.3, 0.4) is 0 Å². The molecule has 0 aliphatic heterocycles. The molecule has 0 spiro atoms. The highest BCUT2D eigenvalue weighted by atomic mass is 16.5. The summed E-state index contributed by atoms with van der Waals surface area (Å²) in [4.78, 5) is 24.3. The fraction of sp³-hybridized carbons (Fsp3) is 0.0625. The molecule has 3 heterocycles. The Bertz CT molecular complexity index is 1030. The number of benzene rings is 1. The van der Waals surface area contributed by atoms with Gasteiger partial charge in [0.2, 0.25) is 0 Å².